The molecule has 1 heterocycles. The summed E-state index contributed by atoms with van der Waals surface area (Å²) in [6.07, 6.45) is 1.72. The van der Waals surface area contributed by atoms with Crippen molar-refractivity contribution >= 4 is 23.2 Å². The maximum Gasteiger partial charge on any atom is 0.0812 e. The molecule has 0 aliphatic carbocycles. The Morgan fingerprint density at radius 2 is 2.10 bits per heavy atom. The Morgan fingerprint density at radius 1 is 1.50 bits per heavy atom. The van der Waals surface area contributed by atoms with Gasteiger partial charge in [0, 0.05) is 18.9 Å². The molecule has 0 bridgehead atoms. The van der Waals surface area contributed by atoms with Crippen LogP contribution in [0.1, 0.15) is 6.92 Å². The van der Waals surface area contributed by atoms with Crippen LogP contribution < -0.4 is 5.43 Å². The second-order valence-corrected chi connectivity index (χ2v) is 2.92. The van der Waals surface area contributed by atoms with Crippen molar-refractivity contribution in [3.63, 3.8) is 0 Å². The molecule has 2 nitrogen and oxygen atoms in total. The molecule has 0 fully saturated rings. The molecule has 0 saturated heterocycles. The number of hydrazine groups is 1. The maximum atomic E-state index is 5.77. The lowest BCUT2D eigenvalue weighted by molar-refractivity contribution is 0.363. The molecule has 0 aromatic rings. The zero-order valence-electron chi connectivity index (χ0n) is 5.78. The highest BCUT2D eigenvalue weighted by atomic mass is 35.5. The van der Waals surface area contributed by atoms with E-state index >= 15 is 0 Å². The molecule has 0 radical (unpaired) electrons. The summed E-state index contributed by atoms with van der Waals surface area (Å²) in [5.41, 5.74) is 3.85. The van der Waals surface area contributed by atoms with E-state index in [1.54, 1.807) is 11.2 Å². The van der Waals surface area contributed by atoms with Gasteiger partial charge in [0.25, 0.3) is 0 Å². The molecule has 4 heteroatoms. The quantitative estimate of drug-likeness (QED) is 0.611. The Hall–Kier alpha value is -0.340. The van der Waals surface area contributed by atoms with Crippen LogP contribution in [0.15, 0.2) is 22.0 Å². The fraction of sp³-hybridized carbons (Fsp3) is 0.333. The van der Waals surface area contributed by atoms with Gasteiger partial charge >= 0.3 is 0 Å². The standard InChI is InChI=1S/C6H8Cl2N2/c1-4-6(8)5(7)3-10(2)9-4/h3,9H,1-2H3. The van der Waals surface area contributed by atoms with Crippen molar-refractivity contribution < 1.29 is 0 Å². The summed E-state index contributed by atoms with van der Waals surface area (Å²) in [6, 6.07) is 0. The summed E-state index contributed by atoms with van der Waals surface area (Å²) in [6.45, 7) is 1.87. The first-order valence-corrected chi connectivity index (χ1v) is 3.60. The Labute approximate surface area is 70.1 Å². The minimum absolute atomic E-state index is 0.570. The number of nitrogens with one attached hydrogen (secondary N) is 1. The number of hydrogen-bond donors (Lipinski definition) is 1. The second kappa shape index (κ2) is 2.72. The minimum Gasteiger partial charge on any atom is -0.302 e. The van der Waals surface area contributed by atoms with E-state index in [9.17, 15) is 0 Å². The zero-order chi connectivity index (χ0) is 7.72. The minimum atomic E-state index is 0.570. The molecular weight excluding hydrogens is 171 g/mol. The van der Waals surface area contributed by atoms with Crippen LogP contribution in [0.4, 0.5) is 0 Å². The van der Waals surface area contributed by atoms with Crippen LogP contribution >= 0.6 is 23.2 Å². The lowest BCUT2D eigenvalue weighted by Crippen LogP contribution is -2.31. The monoisotopic (exact) mass is 178 g/mol. The third kappa shape index (κ3) is 1.39. The smallest absolute Gasteiger partial charge is 0.0812 e. The van der Waals surface area contributed by atoms with Crippen molar-refractivity contribution in [3.8, 4) is 0 Å². The van der Waals surface area contributed by atoms with Crippen molar-refractivity contribution in [3.05, 3.63) is 22.0 Å². The summed E-state index contributed by atoms with van der Waals surface area (Å²) in [5, 5.41) is 2.91. The van der Waals surface area contributed by atoms with Crippen LogP contribution in [0.2, 0.25) is 0 Å². The third-order valence-corrected chi connectivity index (χ3v) is 2.06. The number of hydrogen-bond acceptors (Lipinski definition) is 2. The Balaban J connectivity index is 2.90. The van der Waals surface area contributed by atoms with Gasteiger partial charge in [0.05, 0.1) is 10.1 Å². The molecular formula is C6H8Cl2N2. The summed E-state index contributed by atoms with van der Waals surface area (Å²) in [5.74, 6) is 0. The lowest BCUT2D eigenvalue weighted by Gasteiger charge is -2.23. The first-order valence-electron chi connectivity index (χ1n) is 2.85. The van der Waals surface area contributed by atoms with Gasteiger partial charge in [0.15, 0.2) is 0 Å². The molecule has 0 amide bonds. The Bertz CT molecular complexity index is 208. The molecule has 0 unspecified atom stereocenters. The van der Waals surface area contributed by atoms with Crippen molar-refractivity contribution in [1.29, 1.82) is 0 Å². The van der Waals surface area contributed by atoms with E-state index in [-0.39, 0.29) is 0 Å². The molecule has 1 rings (SSSR count). The van der Waals surface area contributed by atoms with Gasteiger partial charge in [-0.25, -0.2) is 0 Å². The van der Waals surface area contributed by atoms with Gasteiger partial charge in [-0.05, 0) is 6.92 Å². The first-order chi connectivity index (χ1) is 4.61. The molecule has 56 valence electrons. The number of nitrogens with zero attached hydrogens (tertiary/aromatic N) is 1. The summed E-state index contributed by atoms with van der Waals surface area (Å²) in [4.78, 5) is 0. The van der Waals surface area contributed by atoms with E-state index in [0.717, 1.165) is 5.70 Å². The second-order valence-electron chi connectivity index (χ2n) is 2.14. The largest absolute Gasteiger partial charge is 0.302 e. The molecule has 0 atom stereocenters. The van der Waals surface area contributed by atoms with Crippen molar-refractivity contribution in [2.45, 2.75) is 6.92 Å². The highest BCUT2D eigenvalue weighted by Gasteiger charge is 2.10. The van der Waals surface area contributed by atoms with E-state index in [2.05, 4.69) is 5.43 Å². The molecule has 0 spiro atoms. The fourth-order valence-corrected chi connectivity index (χ4v) is 1.13. The van der Waals surface area contributed by atoms with Crippen molar-refractivity contribution in [1.82, 2.24) is 10.4 Å². The van der Waals surface area contributed by atoms with Crippen LogP contribution in [0.5, 0.6) is 0 Å². The predicted molar refractivity (Wildman–Crippen MR) is 43.4 cm³/mol. The van der Waals surface area contributed by atoms with E-state index in [1.807, 2.05) is 14.0 Å². The maximum absolute atomic E-state index is 5.77. The zero-order valence-corrected chi connectivity index (χ0v) is 7.29. The third-order valence-electron chi connectivity index (χ3n) is 1.19. The predicted octanol–water partition coefficient (Wildman–Crippen LogP) is 1.99. The van der Waals surface area contributed by atoms with Crippen molar-refractivity contribution in [2.75, 3.05) is 7.05 Å². The lowest BCUT2D eigenvalue weighted by atomic mass is 10.4. The molecule has 0 saturated carbocycles. The molecule has 0 aromatic heterocycles. The van der Waals surface area contributed by atoms with E-state index in [4.69, 9.17) is 23.2 Å². The first kappa shape index (κ1) is 7.76. The van der Waals surface area contributed by atoms with E-state index in [0.29, 0.717) is 10.1 Å². The number of allylic oxidation sites excluding steroid dienone is 3. The normalized spacial score (nSPS) is 18.8. The average molecular weight is 179 g/mol. The number of rotatable bonds is 0. The van der Waals surface area contributed by atoms with Gasteiger partial charge < -0.3 is 5.43 Å². The Morgan fingerprint density at radius 3 is 2.60 bits per heavy atom. The summed E-state index contributed by atoms with van der Waals surface area (Å²) in [7, 11) is 1.86. The fourth-order valence-electron chi connectivity index (χ4n) is 0.752. The van der Waals surface area contributed by atoms with Crippen LogP contribution in [0.25, 0.3) is 0 Å². The molecule has 10 heavy (non-hydrogen) atoms. The van der Waals surface area contributed by atoms with Crippen LogP contribution in [-0.2, 0) is 0 Å². The van der Waals surface area contributed by atoms with Gasteiger partial charge in [0.2, 0.25) is 0 Å². The van der Waals surface area contributed by atoms with Crippen LogP contribution in [0.3, 0.4) is 0 Å². The summed E-state index contributed by atoms with van der Waals surface area (Å²) < 4.78 is 0. The molecule has 0 aromatic carbocycles. The average Bonchev–Trinajstić information content (AvgIpc) is 1.82. The molecule has 1 aliphatic rings. The highest BCUT2D eigenvalue weighted by Crippen LogP contribution is 2.24. The topological polar surface area (TPSA) is 15.3 Å². The van der Waals surface area contributed by atoms with E-state index < -0.39 is 0 Å². The van der Waals surface area contributed by atoms with Gasteiger partial charge in [-0.2, -0.15) is 0 Å². The Kier molecular flexibility index (Phi) is 2.11. The van der Waals surface area contributed by atoms with Gasteiger partial charge in [-0.1, -0.05) is 23.2 Å². The van der Waals surface area contributed by atoms with Gasteiger partial charge in [-0.15, -0.1) is 0 Å². The van der Waals surface area contributed by atoms with Gasteiger partial charge in [0.1, 0.15) is 0 Å². The van der Waals surface area contributed by atoms with Crippen LogP contribution in [-0.4, -0.2) is 12.1 Å². The molecule has 1 aliphatic heterocycles. The van der Waals surface area contributed by atoms with Crippen molar-refractivity contribution in [2.24, 2.45) is 0 Å². The van der Waals surface area contributed by atoms with Crippen LogP contribution in [0, 0.1) is 0 Å². The molecule has 1 N–H and O–H groups in total. The van der Waals surface area contributed by atoms with Gasteiger partial charge in [-0.3, -0.25) is 5.01 Å². The highest BCUT2D eigenvalue weighted by molar-refractivity contribution is 6.44. The SMILES string of the molecule is CC1=C(Cl)C(Cl)=CN(C)N1. The number of halogens is 2. The van der Waals surface area contributed by atoms with E-state index in [1.165, 1.54) is 0 Å². The summed E-state index contributed by atoms with van der Waals surface area (Å²) >= 11 is 11.5.